The van der Waals surface area contributed by atoms with E-state index in [2.05, 4.69) is 15.9 Å². The molecule has 0 radical (unpaired) electrons. The van der Waals surface area contributed by atoms with Crippen molar-refractivity contribution in [1.82, 2.24) is 0 Å². The van der Waals surface area contributed by atoms with Crippen molar-refractivity contribution in [3.8, 4) is 11.5 Å². The maximum absolute atomic E-state index is 13.4. The zero-order chi connectivity index (χ0) is 13.1. The molecule has 0 aliphatic rings. The van der Waals surface area contributed by atoms with Gasteiger partial charge in [-0.15, -0.1) is 0 Å². The molecule has 0 aliphatic carbocycles. The van der Waals surface area contributed by atoms with Crippen molar-refractivity contribution in [2.75, 3.05) is 0 Å². The van der Waals surface area contributed by atoms with Crippen LogP contribution in [-0.2, 0) is 0 Å². The number of nitrogens with two attached hydrogens (primary N) is 1. The molecule has 0 amide bonds. The second-order valence-electron chi connectivity index (χ2n) is 4.00. The van der Waals surface area contributed by atoms with E-state index in [9.17, 15) is 4.39 Å². The van der Waals surface area contributed by atoms with Crippen molar-refractivity contribution in [1.29, 1.82) is 0 Å². The third-order valence-corrected chi connectivity index (χ3v) is 3.17. The van der Waals surface area contributed by atoms with E-state index in [-0.39, 0.29) is 11.9 Å². The van der Waals surface area contributed by atoms with Crippen molar-refractivity contribution >= 4 is 15.9 Å². The standard InChI is InChI=1S/C14H13BrFNO/c1-9(17)11-4-2-3-5-14(11)18-10-6-7-12(15)13(16)8-10/h2-9H,17H2,1H3. The van der Waals surface area contributed by atoms with Crippen LogP contribution in [0.25, 0.3) is 0 Å². The van der Waals surface area contributed by atoms with E-state index >= 15 is 0 Å². The van der Waals surface area contributed by atoms with Gasteiger partial charge >= 0.3 is 0 Å². The fourth-order valence-electron chi connectivity index (χ4n) is 1.62. The largest absolute Gasteiger partial charge is 0.457 e. The third kappa shape index (κ3) is 2.89. The van der Waals surface area contributed by atoms with Crippen LogP contribution in [0.1, 0.15) is 18.5 Å². The van der Waals surface area contributed by atoms with Crippen LogP contribution in [0.2, 0.25) is 0 Å². The number of para-hydroxylation sites is 1. The number of ether oxygens (including phenoxy) is 1. The molecule has 2 aromatic carbocycles. The minimum absolute atomic E-state index is 0.138. The second-order valence-corrected chi connectivity index (χ2v) is 4.86. The molecular formula is C14H13BrFNO. The predicted octanol–water partition coefficient (Wildman–Crippen LogP) is 4.40. The lowest BCUT2D eigenvalue weighted by Crippen LogP contribution is -2.06. The third-order valence-electron chi connectivity index (χ3n) is 2.53. The van der Waals surface area contributed by atoms with E-state index in [1.165, 1.54) is 6.07 Å². The first-order valence-corrected chi connectivity index (χ1v) is 6.34. The Labute approximate surface area is 114 Å². The molecule has 0 spiro atoms. The first-order valence-electron chi connectivity index (χ1n) is 5.55. The zero-order valence-electron chi connectivity index (χ0n) is 9.86. The average Bonchev–Trinajstić information content (AvgIpc) is 2.34. The van der Waals surface area contributed by atoms with E-state index in [1.54, 1.807) is 12.1 Å². The minimum atomic E-state index is -0.356. The van der Waals surface area contributed by atoms with Crippen molar-refractivity contribution in [2.45, 2.75) is 13.0 Å². The summed E-state index contributed by atoms with van der Waals surface area (Å²) >= 11 is 3.10. The van der Waals surface area contributed by atoms with Gasteiger partial charge in [-0.1, -0.05) is 18.2 Å². The molecule has 2 aromatic rings. The lowest BCUT2D eigenvalue weighted by Gasteiger charge is -2.13. The normalized spacial score (nSPS) is 12.2. The lowest BCUT2D eigenvalue weighted by atomic mass is 10.1. The van der Waals surface area contributed by atoms with E-state index in [1.807, 2.05) is 31.2 Å². The van der Waals surface area contributed by atoms with Gasteiger partial charge in [-0.2, -0.15) is 0 Å². The summed E-state index contributed by atoms with van der Waals surface area (Å²) in [5, 5.41) is 0. The van der Waals surface area contributed by atoms with Crippen molar-refractivity contribution in [3.05, 3.63) is 58.3 Å². The SMILES string of the molecule is CC(N)c1ccccc1Oc1ccc(Br)c(F)c1. The van der Waals surface area contributed by atoms with Crippen LogP contribution in [0.15, 0.2) is 46.9 Å². The maximum Gasteiger partial charge on any atom is 0.141 e. The smallest absolute Gasteiger partial charge is 0.141 e. The summed E-state index contributed by atoms with van der Waals surface area (Å²) in [6, 6.07) is 12.0. The summed E-state index contributed by atoms with van der Waals surface area (Å²) in [5.41, 5.74) is 6.75. The summed E-state index contributed by atoms with van der Waals surface area (Å²) in [5.74, 6) is 0.740. The highest BCUT2D eigenvalue weighted by Crippen LogP contribution is 2.30. The van der Waals surface area contributed by atoms with Gasteiger partial charge in [0.15, 0.2) is 0 Å². The van der Waals surface area contributed by atoms with E-state index in [4.69, 9.17) is 10.5 Å². The molecule has 1 atom stereocenters. The van der Waals surface area contributed by atoms with E-state index < -0.39 is 0 Å². The fraction of sp³-hybridized carbons (Fsp3) is 0.143. The van der Waals surface area contributed by atoms with Gasteiger partial charge in [0.1, 0.15) is 17.3 Å². The van der Waals surface area contributed by atoms with Crippen molar-refractivity contribution < 1.29 is 9.13 Å². The van der Waals surface area contributed by atoms with Crippen molar-refractivity contribution in [3.63, 3.8) is 0 Å². The fourth-order valence-corrected chi connectivity index (χ4v) is 1.86. The summed E-state index contributed by atoms with van der Waals surface area (Å²) in [4.78, 5) is 0. The Bertz CT molecular complexity index is 557. The number of rotatable bonds is 3. The highest BCUT2D eigenvalue weighted by atomic mass is 79.9. The topological polar surface area (TPSA) is 35.2 Å². The second kappa shape index (κ2) is 5.50. The molecule has 18 heavy (non-hydrogen) atoms. The molecule has 2 N–H and O–H groups in total. The maximum atomic E-state index is 13.4. The van der Waals surface area contributed by atoms with Crippen LogP contribution < -0.4 is 10.5 Å². The van der Waals surface area contributed by atoms with Gasteiger partial charge in [0.25, 0.3) is 0 Å². The molecule has 0 heterocycles. The Kier molecular flexibility index (Phi) is 3.99. The minimum Gasteiger partial charge on any atom is -0.457 e. The molecule has 4 heteroatoms. The number of halogens is 2. The van der Waals surface area contributed by atoms with E-state index in [0.717, 1.165) is 5.56 Å². The molecule has 0 aromatic heterocycles. The van der Waals surface area contributed by atoms with Crippen LogP contribution in [0.3, 0.4) is 0 Å². The highest BCUT2D eigenvalue weighted by molar-refractivity contribution is 9.10. The van der Waals surface area contributed by atoms with Crippen LogP contribution in [0.5, 0.6) is 11.5 Å². The molecule has 2 rings (SSSR count). The van der Waals surface area contributed by atoms with Gasteiger partial charge in [0, 0.05) is 17.7 Å². The van der Waals surface area contributed by atoms with Crippen LogP contribution in [0, 0.1) is 5.82 Å². The summed E-state index contributed by atoms with van der Waals surface area (Å²) in [6.45, 7) is 1.88. The summed E-state index contributed by atoms with van der Waals surface area (Å²) in [7, 11) is 0. The van der Waals surface area contributed by atoms with Gasteiger partial charge < -0.3 is 10.5 Å². The lowest BCUT2D eigenvalue weighted by molar-refractivity contribution is 0.466. The Morgan fingerprint density at radius 2 is 1.94 bits per heavy atom. The molecular weight excluding hydrogens is 297 g/mol. The Hall–Kier alpha value is -1.39. The van der Waals surface area contributed by atoms with Gasteiger partial charge in [0.05, 0.1) is 4.47 Å². The summed E-state index contributed by atoms with van der Waals surface area (Å²) < 4.78 is 19.5. The van der Waals surface area contributed by atoms with Crippen LogP contribution in [-0.4, -0.2) is 0 Å². The average molecular weight is 310 g/mol. The Morgan fingerprint density at radius 3 is 2.61 bits per heavy atom. The predicted molar refractivity (Wildman–Crippen MR) is 73.2 cm³/mol. The molecule has 94 valence electrons. The van der Waals surface area contributed by atoms with Crippen molar-refractivity contribution in [2.24, 2.45) is 5.73 Å². The first-order chi connectivity index (χ1) is 8.58. The molecule has 1 unspecified atom stereocenters. The highest BCUT2D eigenvalue weighted by Gasteiger charge is 2.09. The van der Waals surface area contributed by atoms with Gasteiger partial charge in [-0.3, -0.25) is 0 Å². The Balaban J connectivity index is 2.31. The molecule has 0 fully saturated rings. The van der Waals surface area contributed by atoms with Gasteiger partial charge in [-0.25, -0.2) is 4.39 Å². The molecule has 2 nitrogen and oxygen atoms in total. The first kappa shape index (κ1) is 13.1. The van der Waals surface area contributed by atoms with Crippen LogP contribution >= 0.6 is 15.9 Å². The summed E-state index contributed by atoms with van der Waals surface area (Å²) in [6.07, 6.45) is 0. The van der Waals surface area contributed by atoms with Gasteiger partial charge in [-0.05, 0) is 41.1 Å². The number of hydrogen-bond acceptors (Lipinski definition) is 2. The number of hydrogen-bond donors (Lipinski definition) is 1. The Morgan fingerprint density at radius 1 is 1.22 bits per heavy atom. The van der Waals surface area contributed by atoms with E-state index in [0.29, 0.717) is 16.0 Å². The molecule has 0 saturated carbocycles. The van der Waals surface area contributed by atoms with Crippen LogP contribution in [0.4, 0.5) is 4.39 Å². The zero-order valence-corrected chi connectivity index (χ0v) is 11.4. The van der Waals surface area contributed by atoms with Gasteiger partial charge in [0.2, 0.25) is 0 Å². The molecule has 0 saturated heterocycles. The quantitative estimate of drug-likeness (QED) is 0.912. The molecule has 0 aliphatic heterocycles. The monoisotopic (exact) mass is 309 g/mol. The number of benzene rings is 2. The molecule has 0 bridgehead atoms.